The van der Waals surface area contributed by atoms with Crippen molar-refractivity contribution in [1.82, 2.24) is 10.2 Å². The third-order valence-electron chi connectivity index (χ3n) is 3.06. The van der Waals surface area contributed by atoms with Crippen LogP contribution in [0.3, 0.4) is 0 Å². The fraction of sp³-hybridized carbons (Fsp3) is 0.615. The van der Waals surface area contributed by atoms with Gasteiger partial charge in [0.15, 0.2) is 0 Å². The number of aryl methyl sites for hydroxylation is 1. The van der Waals surface area contributed by atoms with E-state index < -0.39 is 0 Å². The number of thiophene rings is 1. The number of ether oxygens (including phenoxy) is 1. The molecule has 1 fully saturated rings. The van der Waals surface area contributed by atoms with Crippen molar-refractivity contribution in [2.75, 3.05) is 32.8 Å². The van der Waals surface area contributed by atoms with E-state index in [0.29, 0.717) is 6.61 Å². The minimum Gasteiger partial charge on any atom is -0.465 e. The van der Waals surface area contributed by atoms with Crippen molar-refractivity contribution >= 4 is 17.3 Å². The second-order valence-corrected chi connectivity index (χ2v) is 5.71. The molecular formula is C13H20N2O2S. The molecule has 1 aromatic rings. The standard InChI is InChI=1S/C13H20N2O2S/c1-3-17-13(16)12(11-5-4-10(2)18-11)15-8-6-14-7-9-15/h4-5,12,14H,3,6-9H2,1-2H3. The van der Waals surface area contributed by atoms with Gasteiger partial charge in [-0.3, -0.25) is 4.90 Å². The van der Waals surface area contributed by atoms with Crippen molar-refractivity contribution in [3.05, 3.63) is 21.9 Å². The molecule has 0 spiro atoms. The number of carbonyl (C=O) groups is 1. The Balaban J connectivity index is 2.18. The number of hydrogen-bond donors (Lipinski definition) is 1. The summed E-state index contributed by atoms with van der Waals surface area (Å²) < 4.78 is 5.23. The number of nitrogens with zero attached hydrogens (tertiary/aromatic N) is 1. The summed E-state index contributed by atoms with van der Waals surface area (Å²) in [6.45, 7) is 7.99. The normalized spacial score (nSPS) is 18.6. The average Bonchev–Trinajstić information content (AvgIpc) is 2.78. The molecule has 18 heavy (non-hydrogen) atoms. The number of piperazine rings is 1. The zero-order valence-electron chi connectivity index (χ0n) is 10.9. The Morgan fingerprint density at radius 2 is 2.22 bits per heavy atom. The molecule has 1 unspecified atom stereocenters. The fourth-order valence-corrected chi connectivity index (χ4v) is 3.21. The molecule has 4 nitrogen and oxygen atoms in total. The summed E-state index contributed by atoms with van der Waals surface area (Å²) in [7, 11) is 0. The van der Waals surface area contributed by atoms with Gasteiger partial charge in [0, 0.05) is 35.9 Å². The largest absolute Gasteiger partial charge is 0.465 e. The van der Waals surface area contributed by atoms with Crippen molar-refractivity contribution in [2.24, 2.45) is 0 Å². The molecule has 5 heteroatoms. The molecular weight excluding hydrogens is 248 g/mol. The van der Waals surface area contributed by atoms with Gasteiger partial charge < -0.3 is 10.1 Å². The van der Waals surface area contributed by atoms with Crippen LogP contribution < -0.4 is 5.32 Å². The van der Waals surface area contributed by atoms with Crippen molar-refractivity contribution in [3.63, 3.8) is 0 Å². The summed E-state index contributed by atoms with van der Waals surface area (Å²) in [5, 5.41) is 3.31. The molecule has 2 heterocycles. The van der Waals surface area contributed by atoms with E-state index in [9.17, 15) is 4.79 Å². The Morgan fingerprint density at radius 1 is 1.50 bits per heavy atom. The van der Waals surface area contributed by atoms with Crippen molar-refractivity contribution < 1.29 is 9.53 Å². The lowest BCUT2D eigenvalue weighted by molar-refractivity contribution is -0.150. The molecule has 1 aromatic heterocycles. The maximum atomic E-state index is 12.2. The van der Waals surface area contributed by atoms with Crippen molar-refractivity contribution in [3.8, 4) is 0 Å². The molecule has 1 atom stereocenters. The maximum Gasteiger partial charge on any atom is 0.328 e. The lowest BCUT2D eigenvalue weighted by Crippen LogP contribution is -2.47. The fourth-order valence-electron chi connectivity index (χ4n) is 2.21. The van der Waals surface area contributed by atoms with Crippen LogP contribution in [0.4, 0.5) is 0 Å². The molecule has 0 aromatic carbocycles. The first-order valence-corrected chi connectivity index (χ1v) is 7.21. The van der Waals surface area contributed by atoms with Gasteiger partial charge in [-0.15, -0.1) is 11.3 Å². The van der Waals surface area contributed by atoms with Crippen molar-refractivity contribution in [1.29, 1.82) is 0 Å². The number of esters is 1. The third kappa shape index (κ3) is 3.10. The highest BCUT2D eigenvalue weighted by Gasteiger charge is 2.30. The second kappa shape index (κ2) is 6.31. The molecule has 1 aliphatic heterocycles. The van der Waals surface area contributed by atoms with Gasteiger partial charge in [0.25, 0.3) is 0 Å². The maximum absolute atomic E-state index is 12.2. The van der Waals surface area contributed by atoms with Gasteiger partial charge in [-0.25, -0.2) is 4.79 Å². The molecule has 1 N–H and O–H groups in total. The Labute approximate surface area is 112 Å². The number of nitrogens with one attached hydrogen (secondary N) is 1. The second-order valence-electron chi connectivity index (χ2n) is 4.39. The van der Waals surface area contributed by atoms with Crippen LogP contribution in [0.1, 0.15) is 22.7 Å². The first-order valence-electron chi connectivity index (χ1n) is 6.40. The topological polar surface area (TPSA) is 41.6 Å². The number of rotatable bonds is 4. The molecule has 100 valence electrons. The Morgan fingerprint density at radius 3 is 2.78 bits per heavy atom. The Bertz CT molecular complexity index is 399. The van der Waals surface area contributed by atoms with E-state index >= 15 is 0 Å². The summed E-state index contributed by atoms with van der Waals surface area (Å²) in [6.07, 6.45) is 0. The zero-order valence-corrected chi connectivity index (χ0v) is 11.8. The average molecular weight is 268 g/mol. The van der Waals surface area contributed by atoms with E-state index in [1.807, 2.05) is 13.0 Å². The summed E-state index contributed by atoms with van der Waals surface area (Å²) in [4.78, 5) is 16.7. The molecule has 0 saturated carbocycles. The van der Waals surface area contributed by atoms with E-state index in [1.54, 1.807) is 11.3 Å². The highest BCUT2D eigenvalue weighted by Crippen LogP contribution is 2.29. The van der Waals surface area contributed by atoms with E-state index in [1.165, 1.54) is 4.88 Å². The first kappa shape index (κ1) is 13.5. The molecule has 0 bridgehead atoms. The predicted molar refractivity (Wildman–Crippen MR) is 72.9 cm³/mol. The SMILES string of the molecule is CCOC(=O)C(c1ccc(C)s1)N1CCNCC1. The van der Waals surface area contributed by atoms with Gasteiger partial charge in [-0.1, -0.05) is 0 Å². The minimum atomic E-state index is -0.231. The Kier molecular flexibility index (Phi) is 4.74. The van der Waals surface area contributed by atoms with E-state index in [0.717, 1.165) is 31.1 Å². The summed E-state index contributed by atoms with van der Waals surface area (Å²) in [6, 6.07) is 3.88. The zero-order chi connectivity index (χ0) is 13.0. The lowest BCUT2D eigenvalue weighted by atomic mass is 10.2. The highest BCUT2D eigenvalue weighted by molar-refractivity contribution is 7.12. The Hall–Kier alpha value is -0.910. The molecule has 1 saturated heterocycles. The van der Waals surface area contributed by atoms with E-state index in [-0.39, 0.29) is 12.0 Å². The van der Waals surface area contributed by atoms with Crippen LogP contribution in [0, 0.1) is 6.92 Å². The van der Waals surface area contributed by atoms with E-state index in [4.69, 9.17) is 4.74 Å². The summed E-state index contributed by atoms with van der Waals surface area (Å²) in [5.41, 5.74) is 0. The van der Waals surface area contributed by atoms with Crippen LogP contribution >= 0.6 is 11.3 Å². The summed E-state index contributed by atoms with van der Waals surface area (Å²) >= 11 is 1.68. The third-order valence-corrected chi connectivity index (χ3v) is 4.11. The predicted octanol–water partition coefficient (Wildman–Crippen LogP) is 1.57. The van der Waals surface area contributed by atoms with Gasteiger partial charge in [0.05, 0.1) is 6.61 Å². The molecule has 1 aliphatic rings. The number of hydrogen-bond acceptors (Lipinski definition) is 5. The first-order chi connectivity index (χ1) is 8.72. The van der Waals surface area contributed by atoms with Gasteiger partial charge in [-0.2, -0.15) is 0 Å². The monoisotopic (exact) mass is 268 g/mol. The van der Waals surface area contributed by atoms with Crippen LogP contribution in [-0.4, -0.2) is 43.7 Å². The molecule has 0 amide bonds. The smallest absolute Gasteiger partial charge is 0.328 e. The molecule has 0 aliphatic carbocycles. The van der Waals surface area contributed by atoms with Crippen LogP contribution in [0.5, 0.6) is 0 Å². The van der Waals surface area contributed by atoms with Crippen LogP contribution in [0.15, 0.2) is 12.1 Å². The van der Waals surface area contributed by atoms with E-state index in [2.05, 4.69) is 23.2 Å². The lowest BCUT2D eigenvalue weighted by Gasteiger charge is -2.32. The van der Waals surface area contributed by atoms with Crippen LogP contribution in [-0.2, 0) is 9.53 Å². The van der Waals surface area contributed by atoms with Crippen LogP contribution in [0.25, 0.3) is 0 Å². The highest BCUT2D eigenvalue weighted by atomic mass is 32.1. The molecule has 2 rings (SSSR count). The van der Waals surface area contributed by atoms with Gasteiger partial charge in [0.2, 0.25) is 0 Å². The van der Waals surface area contributed by atoms with Gasteiger partial charge in [0.1, 0.15) is 6.04 Å². The number of carbonyl (C=O) groups excluding carboxylic acids is 1. The van der Waals surface area contributed by atoms with Crippen LogP contribution in [0.2, 0.25) is 0 Å². The van der Waals surface area contributed by atoms with Gasteiger partial charge >= 0.3 is 5.97 Å². The summed E-state index contributed by atoms with van der Waals surface area (Å²) in [5.74, 6) is -0.124. The van der Waals surface area contributed by atoms with Gasteiger partial charge in [-0.05, 0) is 26.0 Å². The quantitative estimate of drug-likeness (QED) is 0.842. The molecule has 0 radical (unpaired) electrons. The van der Waals surface area contributed by atoms with Crippen molar-refractivity contribution in [2.45, 2.75) is 19.9 Å². The minimum absolute atomic E-state index is 0.124.